The summed E-state index contributed by atoms with van der Waals surface area (Å²) >= 11 is 0. The Kier molecular flexibility index (Phi) is 10.1. The molecular weight excluding hydrogens is 216 g/mol. The summed E-state index contributed by atoms with van der Waals surface area (Å²) in [5.41, 5.74) is 2.73. The fourth-order valence-corrected chi connectivity index (χ4v) is 1.29. The molecule has 0 aliphatic heterocycles. The van der Waals surface area contributed by atoms with Crippen molar-refractivity contribution < 1.29 is 14.2 Å². The van der Waals surface area contributed by atoms with Crippen molar-refractivity contribution in [1.82, 2.24) is 0 Å². The van der Waals surface area contributed by atoms with Crippen molar-refractivity contribution in [2.75, 3.05) is 27.4 Å². The van der Waals surface area contributed by atoms with Crippen LogP contribution in [0.15, 0.2) is 23.3 Å². The molecule has 0 spiro atoms. The Balaban J connectivity index is 3.66. The van der Waals surface area contributed by atoms with Crippen molar-refractivity contribution >= 4 is 0 Å². The van der Waals surface area contributed by atoms with Crippen molar-refractivity contribution in [3.05, 3.63) is 23.3 Å². The summed E-state index contributed by atoms with van der Waals surface area (Å²) in [5, 5.41) is 0. The van der Waals surface area contributed by atoms with E-state index in [2.05, 4.69) is 32.9 Å². The standard InChI is InChI=1S/C14H26O3/c1-12(2)7-6-8-13(3)9-10-17-11-14(15-4)16-5/h7,9,14H,6,8,10-11H2,1-5H3/b13-9+. The molecule has 0 unspecified atom stereocenters. The van der Waals surface area contributed by atoms with Gasteiger partial charge in [0.2, 0.25) is 0 Å². The lowest BCUT2D eigenvalue weighted by molar-refractivity contribution is -0.137. The van der Waals surface area contributed by atoms with Gasteiger partial charge in [0.1, 0.15) is 0 Å². The van der Waals surface area contributed by atoms with E-state index in [9.17, 15) is 0 Å². The minimum absolute atomic E-state index is 0.269. The summed E-state index contributed by atoms with van der Waals surface area (Å²) < 4.78 is 15.5. The van der Waals surface area contributed by atoms with Gasteiger partial charge in [-0.1, -0.05) is 23.3 Å². The molecule has 0 amide bonds. The molecule has 0 heterocycles. The maximum atomic E-state index is 5.43. The van der Waals surface area contributed by atoms with Crippen molar-refractivity contribution in [2.45, 2.75) is 39.9 Å². The average molecular weight is 242 g/mol. The summed E-state index contributed by atoms with van der Waals surface area (Å²) in [6.45, 7) is 7.45. The maximum absolute atomic E-state index is 5.43. The Hall–Kier alpha value is -0.640. The lowest BCUT2D eigenvalue weighted by Crippen LogP contribution is -2.20. The smallest absolute Gasteiger partial charge is 0.180 e. The van der Waals surface area contributed by atoms with Crippen LogP contribution in [0, 0.1) is 0 Å². The van der Waals surface area contributed by atoms with Crippen molar-refractivity contribution in [2.24, 2.45) is 0 Å². The van der Waals surface area contributed by atoms with Crippen LogP contribution >= 0.6 is 0 Å². The molecule has 0 radical (unpaired) electrons. The van der Waals surface area contributed by atoms with Gasteiger partial charge in [0.15, 0.2) is 6.29 Å². The Morgan fingerprint density at radius 2 is 1.71 bits per heavy atom. The first kappa shape index (κ1) is 16.4. The van der Waals surface area contributed by atoms with E-state index in [1.54, 1.807) is 14.2 Å². The average Bonchev–Trinajstić information content (AvgIpc) is 2.29. The predicted molar refractivity (Wildman–Crippen MR) is 71.0 cm³/mol. The van der Waals surface area contributed by atoms with Crippen LogP contribution in [-0.4, -0.2) is 33.7 Å². The number of ether oxygens (including phenoxy) is 3. The van der Waals surface area contributed by atoms with E-state index >= 15 is 0 Å². The van der Waals surface area contributed by atoms with Crippen LogP contribution in [0.3, 0.4) is 0 Å². The van der Waals surface area contributed by atoms with Gasteiger partial charge in [0, 0.05) is 14.2 Å². The molecule has 0 saturated heterocycles. The summed E-state index contributed by atoms with van der Waals surface area (Å²) in [6, 6.07) is 0. The highest BCUT2D eigenvalue weighted by molar-refractivity contribution is 5.02. The van der Waals surface area contributed by atoms with Gasteiger partial charge in [0.05, 0.1) is 13.2 Å². The Bertz CT molecular complexity index is 236. The fraction of sp³-hybridized carbons (Fsp3) is 0.714. The Labute approximate surface area is 105 Å². The number of rotatable bonds is 9. The second-order valence-electron chi connectivity index (χ2n) is 4.31. The van der Waals surface area contributed by atoms with Gasteiger partial charge in [0.25, 0.3) is 0 Å². The number of methoxy groups -OCH3 is 2. The molecule has 3 nitrogen and oxygen atoms in total. The largest absolute Gasteiger partial charge is 0.372 e. The van der Waals surface area contributed by atoms with Gasteiger partial charge >= 0.3 is 0 Å². The van der Waals surface area contributed by atoms with Crippen LogP contribution < -0.4 is 0 Å². The van der Waals surface area contributed by atoms with Gasteiger partial charge in [-0.05, 0) is 33.6 Å². The third-order valence-corrected chi connectivity index (χ3v) is 2.42. The molecule has 0 fully saturated rings. The summed E-state index contributed by atoms with van der Waals surface area (Å²) in [5.74, 6) is 0. The minimum Gasteiger partial charge on any atom is -0.372 e. The highest BCUT2D eigenvalue weighted by Gasteiger charge is 2.03. The molecule has 0 aromatic heterocycles. The Morgan fingerprint density at radius 1 is 1.06 bits per heavy atom. The molecule has 0 aromatic carbocycles. The molecule has 0 aliphatic rings. The van der Waals surface area contributed by atoms with Gasteiger partial charge in [-0.15, -0.1) is 0 Å². The van der Waals surface area contributed by atoms with Crippen LogP contribution in [0.1, 0.15) is 33.6 Å². The third-order valence-electron chi connectivity index (χ3n) is 2.42. The zero-order chi connectivity index (χ0) is 13.1. The highest BCUT2D eigenvalue weighted by atomic mass is 16.7. The molecule has 17 heavy (non-hydrogen) atoms. The van der Waals surface area contributed by atoms with Gasteiger partial charge in [-0.25, -0.2) is 0 Å². The first-order valence-electron chi connectivity index (χ1n) is 6.02. The van der Waals surface area contributed by atoms with Gasteiger partial charge in [-0.2, -0.15) is 0 Å². The third kappa shape index (κ3) is 10.2. The molecule has 100 valence electrons. The first-order valence-corrected chi connectivity index (χ1v) is 6.02. The minimum atomic E-state index is -0.269. The van der Waals surface area contributed by atoms with E-state index in [0.29, 0.717) is 13.2 Å². The molecule has 0 atom stereocenters. The second-order valence-corrected chi connectivity index (χ2v) is 4.31. The molecule has 0 aromatic rings. The number of allylic oxidation sites excluding steroid dienone is 3. The van der Waals surface area contributed by atoms with Gasteiger partial charge < -0.3 is 14.2 Å². The highest BCUT2D eigenvalue weighted by Crippen LogP contribution is 2.06. The molecule has 0 N–H and O–H groups in total. The molecule has 0 saturated carbocycles. The fourth-order valence-electron chi connectivity index (χ4n) is 1.29. The maximum Gasteiger partial charge on any atom is 0.180 e. The van der Waals surface area contributed by atoms with E-state index in [0.717, 1.165) is 12.8 Å². The van der Waals surface area contributed by atoms with Crippen LogP contribution in [0.4, 0.5) is 0 Å². The molecule has 0 rings (SSSR count). The number of hydrogen-bond donors (Lipinski definition) is 0. The normalized spacial score (nSPS) is 12.0. The molecule has 0 aliphatic carbocycles. The van der Waals surface area contributed by atoms with Crippen LogP contribution in [0.2, 0.25) is 0 Å². The van der Waals surface area contributed by atoms with Crippen molar-refractivity contribution in [3.8, 4) is 0 Å². The zero-order valence-corrected chi connectivity index (χ0v) is 11.8. The summed E-state index contributed by atoms with van der Waals surface area (Å²) in [4.78, 5) is 0. The van der Waals surface area contributed by atoms with Gasteiger partial charge in [-0.3, -0.25) is 0 Å². The van der Waals surface area contributed by atoms with E-state index in [1.807, 2.05) is 0 Å². The SMILES string of the molecule is COC(COC/C=C(\C)CCC=C(C)C)OC. The second kappa shape index (κ2) is 10.5. The molecular formula is C14H26O3. The van der Waals surface area contributed by atoms with Crippen LogP contribution in [0.5, 0.6) is 0 Å². The summed E-state index contributed by atoms with van der Waals surface area (Å²) in [6.07, 6.45) is 6.29. The van der Waals surface area contributed by atoms with Crippen molar-refractivity contribution in [1.29, 1.82) is 0 Å². The summed E-state index contributed by atoms with van der Waals surface area (Å²) in [7, 11) is 3.22. The lowest BCUT2D eigenvalue weighted by Gasteiger charge is -2.12. The van der Waals surface area contributed by atoms with Crippen molar-refractivity contribution in [3.63, 3.8) is 0 Å². The molecule has 3 heteroatoms. The van der Waals surface area contributed by atoms with E-state index in [-0.39, 0.29) is 6.29 Å². The zero-order valence-electron chi connectivity index (χ0n) is 11.8. The van der Waals surface area contributed by atoms with Crippen LogP contribution in [-0.2, 0) is 14.2 Å². The van der Waals surface area contributed by atoms with Crippen LogP contribution in [0.25, 0.3) is 0 Å². The topological polar surface area (TPSA) is 27.7 Å². The quantitative estimate of drug-likeness (QED) is 0.353. The number of hydrogen-bond acceptors (Lipinski definition) is 3. The van der Waals surface area contributed by atoms with E-state index < -0.39 is 0 Å². The Morgan fingerprint density at radius 3 is 2.24 bits per heavy atom. The predicted octanol–water partition coefficient (Wildman–Crippen LogP) is 3.31. The molecule has 0 bridgehead atoms. The lowest BCUT2D eigenvalue weighted by atomic mass is 10.1. The monoisotopic (exact) mass is 242 g/mol. The first-order chi connectivity index (χ1) is 8.10. The van der Waals surface area contributed by atoms with E-state index in [4.69, 9.17) is 14.2 Å². The van der Waals surface area contributed by atoms with E-state index in [1.165, 1.54) is 11.1 Å².